The highest BCUT2D eigenvalue weighted by Gasteiger charge is 2.55. The van der Waals surface area contributed by atoms with Crippen molar-refractivity contribution in [3.8, 4) is 0 Å². The van der Waals surface area contributed by atoms with Crippen molar-refractivity contribution in [2.75, 3.05) is 0 Å². The first-order valence-electron chi connectivity index (χ1n) is 6.58. The Morgan fingerprint density at radius 2 is 2.24 bits per heavy atom. The Balaban J connectivity index is 1.87. The van der Waals surface area contributed by atoms with Crippen LogP contribution in [0.2, 0.25) is 0 Å². The van der Waals surface area contributed by atoms with E-state index in [1.807, 2.05) is 0 Å². The standard InChI is InChI=1S/C15H20O2/c1-9(2)7-8-12-11-6-4-5-10(3)13(11)14-15(16-12)17-14/h4-6,8-10,13-15H,7H2,1-3H3/b12-8-. The Hall–Kier alpha value is -1.02. The maximum Gasteiger partial charge on any atom is 0.227 e. The molecule has 2 saturated heterocycles. The highest BCUT2D eigenvalue weighted by atomic mass is 16.8. The molecule has 0 spiro atoms. The molecule has 0 aromatic heterocycles. The molecule has 4 atom stereocenters. The second-order valence-corrected chi connectivity index (χ2v) is 5.68. The lowest BCUT2D eigenvalue weighted by Crippen LogP contribution is -2.28. The van der Waals surface area contributed by atoms with E-state index >= 15 is 0 Å². The van der Waals surface area contributed by atoms with Crippen LogP contribution in [0.25, 0.3) is 0 Å². The van der Waals surface area contributed by atoms with Crippen LogP contribution in [0.3, 0.4) is 0 Å². The molecule has 0 aromatic carbocycles. The third kappa shape index (κ3) is 1.95. The van der Waals surface area contributed by atoms with Crippen molar-refractivity contribution in [2.45, 2.75) is 39.6 Å². The molecule has 4 unspecified atom stereocenters. The van der Waals surface area contributed by atoms with Crippen LogP contribution in [-0.4, -0.2) is 12.4 Å². The summed E-state index contributed by atoms with van der Waals surface area (Å²) in [6, 6.07) is 0. The highest BCUT2D eigenvalue weighted by molar-refractivity contribution is 5.40. The smallest absolute Gasteiger partial charge is 0.227 e. The summed E-state index contributed by atoms with van der Waals surface area (Å²) < 4.78 is 11.5. The third-order valence-corrected chi connectivity index (χ3v) is 3.76. The second kappa shape index (κ2) is 4.02. The maximum atomic E-state index is 5.87. The van der Waals surface area contributed by atoms with Crippen LogP contribution in [0, 0.1) is 17.8 Å². The van der Waals surface area contributed by atoms with Gasteiger partial charge in [-0.3, -0.25) is 0 Å². The van der Waals surface area contributed by atoms with E-state index in [0.717, 1.165) is 12.2 Å². The van der Waals surface area contributed by atoms with Gasteiger partial charge >= 0.3 is 0 Å². The van der Waals surface area contributed by atoms with Gasteiger partial charge < -0.3 is 9.47 Å². The van der Waals surface area contributed by atoms with E-state index < -0.39 is 0 Å². The molecule has 3 rings (SSSR count). The number of epoxide rings is 1. The summed E-state index contributed by atoms with van der Waals surface area (Å²) in [4.78, 5) is 0. The Morgan fingerprint density at radius 1 is 1.41 bits per heavy atom. The predicted molar refractivity (Wildman–Crippen MR) is 67.2 cm³/mol. The first-order valence-corrected chi connectivity index (χ1v) is 6.58. The lowest BCUT2D eigenvalue weighted by atomic mass is 9.78. The van der Waals surface area contributed by atoms with Crippen molar-refractivity contribution in [3.05, 3.63) is 35.6 Å². The summed E-state index contributed by atoms with van der Waals surface area (Å²) in [6.45, 7) is 6.72. The zero-order chi connectivity index (χ0) is 12.0. The van der Waals surface area contributed by atoms with E-state index in [0.29, 0.717) is 17.8 Å². The van der Waals surface area contributed by atoms with Crippen LogP contribution in [-0.2, 0) is 9.47 Å². The van der Waals surface area contributed by atoms with Crippen molar-refractivity contribution in [1.29, 1.82) is 0 Å². The number of hydrogen-bond acceptors (Lipinski definition) is 2. The molecule has 2 heterocycles. The van der Waals surface area contributed by atoms with E-state index in [4.69, 9.17) is 9.47 Å². The fourth-order valence-corrected chi connectivity index (χ4v) is 2.73. The Labute approximate surface area is 103 Å². The van der Waals surface area contributed by atoms with Gasteiger partial charge in [-0.05, 0) is 24.3 Å². The second-order valence-electron chi connectivity index (χ2n) is 5.68. The summed E-state index contributed by atoms with van der Waals surface area (Å²) in [5.74, 6) is 2.77. The highest BCUT2D eigenvalue weighted by Crippen LogP contribution is 2.49. The lowest BCUT2D eigenvalue weighted by molar-refractivity contribution is 0.107. The average molecular weight is 232 g/mol. The summed E-state index contributed by atoms with van der Waals surface area (Å²) in [7, 11) is 0. The number of ether oxygens (including phenoxy) is 2. The van der Waals surface area contributed by atoms with Gasteiger partial charge in [0.1, 0.15) is 11.9 Å². The predicted octanol–water partition coefficient (Wildman–Crippen LogP) is 3.42. The molecule has 2 heteroatoms. The van der Waals surface area contributed by atoms with Gasteiger partial charge in [0.2, 0.25) is 6.29 Å². The van der Waals surface area contributed by atoms with E-state index in [2.05, 4.69) is 45.1 Å². The molecule has 0 aromatic rings. The van der Waals surface area contributed by atoms with Gasteiger partial charge in [-0.25, -0.2) is 0 Å². The first-order chi connectivity index (χ1) is 8.16. The van der Waals surface area contributed by atoms with E-state index in [9.17, 15) is 0 Å². The minimum atomic E-state index is 0.0181. The Morgan fingerprint density at radius 3 is 3.00 bits per heavy atom. The van der Waals surface area contributed by atoms with Crippen molar-refractivity contribution < 1.29 is 9.47 Å². The quantitative estimate of drug-likeness (QED) is 0.680. The largest absolute Gasteiger partial charge is 0.462 e. The van der Waals surface area contributed by atoms with E-state index in [-0.39, 0.29) is 12.4 Å². The van der Waals surface area contributed by atoms with Crippen molar-refractivity contribution in [3.63, 3.8) is 0 Å². The SMILES string of the molecule is CC(C)C/C=C1\OC2OC2C2C1=CC=CC2C. The number of allylic oxidation sites excluding steroid dienone is 5. The van der Waals surface area contributed by atoms with Gasteiger partial charge in [0.15, 0.2) is 0 Å². The maximum absolute atomic E-state index is 5.87. The molecule has 0 radical (unpaired) electrons. The van der Waals surface area contributed by atoms with Crippen LogP contribution >= 0.6 is 0 Å². The van der Waals surface area contributed by atoms with Crippen LogP contribution in [0.15, 0.2) is 35.6 Å². The van der Waals surface area contributed by atoms with Gasteiger partial charge in [-0.2, -0.15) is 0 Å². The Bertz CT molecular complexity index is 403. The van der Waals surface area contributed by atoms with Crippen LogP contribution < -0.4 is 0 Å². The average Bonchev–Trinajstić information content (AvgIpc) is 3.04. The summed E-state index contributed by atoms with van der Waals surface area (Å²) in [5.41, 5.74) is 1.33. The molecule has 2 aliphatic heterocycles. The molecule has 92 valence electrons. The summed E-state index contributed by atoms with van der Waals surface area (Å²) in [5, 5.41) is 0. The number of rotatable bonds is 2. The zero-order valence-corrected chi connectivity index (χ0v) is 10.7. The van der Waals surface area contributed by atoms with Gasteiger partial charge in [-0.15, -0.1) is 0 Å². The van der Waals surface area contributed by atoms with Crippen molar-refractivity contribution in [2.24, 2.45) is 17.8 Å². The van der Waals surface area contributed by atoms with Gasteiger partial charge in [0.05, 0.1) is 0 Å². The van der Waals surface area contributed by atoms with Crippen LogP contribution in [0.1, 0.15) is 27.2 Å². The van der Waals surface area contributed by atoms with Crippen LogP contribution in [0.5, 0.6) is 0 Å². The normalized spacial score (nSPS) is 40.7. The molecule has 0 amide bonds. The number of hydrogen-bond donors (Lipinski definition) is 0. The molecule has 1 aliphatic carbocycles. The number of fused-ring (bicyclic) bond motifs is 3. The molecule has 2 fully saturated rings. The molecule has 0 bridgehead atoms. The molecule has 2 nitrogen and oxygen atoms in total. The minimum Gasteiger partial charge on any atom is -0.462 e. The Kier molecular flexibility index (Phi) is 2.62. The van der Waals surface area contributed by atoms with Gasteiger partial charge in [-0.1, -0.05) is 39.0 Å². The molecule has 0 saturated carbocycles. The molecule has 17 heavy (non-hydrogen) atoms. The lowest BCUT2D eigenvalue weighted by Gasteiger charge is -2.30. The monoisotopic (exact) mass is 232 g/mol. The molecule has 3 aliphatic rings. The zero-order valence-electron chi connectivity index (χ0n) is 10.7. The van der Waals surface area contributed by atoms with Crippen molar-refractivity contribution in [1.82, 2.24) is 0 Å². The van der Waals surface area contributed by atoms with Gasteiger partial charge in [0.25, 0.3) is 0 Å². The first kappa shape index (κ1) is 11.1. The molecule has 0 N–H and O–H groups in total. The minimum absolute atomic E-state index is 0.0181. The topological polar surface area (TPSA) is 21.8 Å². The van der Waals surface area contributed by atoms with E-state index in [1.165, 1.54) is 5.57 Å². The van der Waals surface area contributed by atoms with Gasteiger partial charge in [0, 0.05) is 11.5 Å². The van der Waals surface area contributed by atoms with Crippen molar-refractivity contribution >= 4 is 0 Å². The fraction of sp³-hybridized carbons (Fsp3) is 0.600. The molecular formula is C15H20O2. The van der Waals surface area contributed by atoms with E-state index in [1.54, 1.807) is 0 Å². The van der Waals surface area contributed by atoms with Crippen LogP contribution in [0.4, 0.5) is 0 Å². The summed E-state index contributed by atoms with van der Waals surface area (Å²) in [6.07, 6.45) is 10.2. The fourth-order valence-electron chi connectivity index (χ4n) is 2.73. The third-order valence-electron chi connectivity index (χ3n) is 3.76. The summed E-state index contributed by atoms with van der Waals surface area (Å²) >= 11 is 0. The molecular weight excluding hydrogens is 212 g/mol.